The molecule has 0 aliphatic rings. The van der Waals surface area contributed by atoms with Crippen molar-refractivity contribution in [3.05, 3.63) is 40.8 Å². The van der Waals surface area contributed by atoms with Crippen LogP contribution in [0.5, 0.6) is 0 Å². The first-order valence-electron chi connectivity index (χ1n) is 6.35. The summed E-state index contributed by atoms with van der Waals surface area (Å²) in [6.45, 7) is 8.24. The van der Waals surface area contributed by atoms with Crippen LogP contribution in [0.15, 0.2) is 18.2 Å². The van der Waals surface area contributed by atoms with Crippen molar-refractivity contribution in [1.82, 2.24) is 14.6 Å². The molecule has 0 saturated heterocycles. The van der Waals surface area contributed by atoms with E-state index in [1.165, 1.54) is 5.56 Å². The number of hydrogen-bond acceptors (Lipinski definition) is 6. The zero-order valence-corrected chi connectivity index (χ0v) is 13.3. The molecule has 0 atom stereocenters. The summed E-state index contributed by atoms with van der Waals surface area (Å²) < 4.78 is 36.8. The Kier molecular flexibility index (Phi) is 4.32. The molecule has 0 fully saturated rings. The number of aromatic nitrogens is 4. The topological polar surface area (TPSA) is 124 Å². The van der Waals surface area contributed by atoms with Crippen molar-refractivity contribution in [3.8, 4) is 0 Å². The molecule has 8 nitrogen and oxygen atoms in total. The standard InChI is InChI=1S/C13H15N4.ClHO4/c1-8-5-11(4)17-12(6-8)16-10(3)7-9(2)14-13(16)15-17;2-1(3,4)5/h5-7H,1-4H3;(H,2,3,4,5)/q+1;. The van der Waals surface area contributed by atoms with Crippen LogP contribution in [0.25, 0.3) is 11.4 Å². The van der Waals surface area contributed by atoms with E-state index in [4.69, 9.17) is 18.6 Å². The lowest BCUT2D eigenvalue weighted by atomic mass is 10.2. The summed E-state index contributed by atoms with van der Waals surface area (Å²) in [5, 5.41) is 4.55. The highest BCUT2D eigenvalue weighted by atomic mass is 35.7. The fourth-order valence-electron chi connectivity index (χ4n) is 2.37. The Balaban J connectivity index is 0.000000309. The molecule has 3 aromatic rings. The monoisotopic (exact) mass is 327 g/mol. The average molecular weight is 328 g/mol. The molecule has 22 heavy (non-hydrogen) atoms. The average Bonchev–Trinajstić information content (AvgIpc) is 2.65. The molecule has 118 valence electrons. The van der Waals surface area contributed by atoms with Gasteiger partial charge in [0.1, 0.15) is 5.69 Å². The number of halogens is 1. The van der Waals surface area contributed by atoms with Gasteiger partial charge in [0.25, 0.3) is 0 Å². The second kappa shape index (κ2) is 5.75. The van der Waals surface area contributed by atoms with Crippen LogP contribution in [-0.4, -0.2) is 19.3 Å². The van der Waals surface area contributed by atoms with E-state index in [1.807, 2.05) is 11.4 Å². The first-order chi connectivity index (χ1) is 10.1. The Bertz CT molecular complexity index is 836. The van der Waals surface area contributed by atoms with Crippen LogP contribution >= 0.6 is 0 Å². The minimum Gasteiger partial charge on any atom is -0.188 e. The SMILES string of the molecule is Cc1cc(C)n2nc3nc(C)cc(C)[n+]3c2c1.[O-][Cl+3]([O-])([O-])O. The molecule has 0 bridgehead atoms. The fraction of sp³-hybridized carbons (Fsp3) is 0.308. The number of fused-ring (bicyclic) bond motifs is 3. The molecule has 0 spiro atoms. The molecule has 1 N–H and O–H groups in total. The summed E-state index contributed by atoms with van der Waals surface area (Å²) in [5.74, 6) is 0.760. The molecule has 0 saturated carbocycles. The van der Waals surface area contributed by atoms with Crippen LogP contribution in [0.2, 0.25) is 0 Å². The highest BCUT2D eigenvalue weighted by Crippen LogP contribution is 2.09. The largest absolute Gasteiger partial charge is 0.420 e. The maximum Gasteiger partial charge on any atom is 0.420 e. The Morgan fingerprint density at radius 2 is 1.68 bits per heavy atom. The van der Waals surface area contributed by atoms with E-state index in [2.05, 4.69) is 53.5 Å². The molecule has 3 rings (SSSR count). The van der Waals surface area contributed by atoms with E-state index in [0.717, 1.165) is 28.5 Å². The summed E-state index contributed by atoms with van der Waals surface area (Å²) in [5.41, 5.74) is 5.60. The van der Waals surface area contributed by atoms with Crippen molar-refractivity contribution in [3.63, 3.8) is 0 Å². The Morgan fingerprint density at radius 3 is 2.27 bits per heavy atom. The van der Waals surface area contributed by atoms with Gasteiger partial charge in [-0.3, -0.25) is 0 Å². The van der Waals surface area contributed by atoms with Gasteiger partial charge >= 0.3 is 5.78 Å². The lowest BCUT2D eigenvalue weighted by Gasteiger charge is -2.03. The van der Waals surface area contributed by atoms with Gasteiger partial charge in [-0.25, -0.2) is 0 Å². The number of pyridine rings is 1. The van der Waals surface area contributed by atoms with Crippen LogP contribution in [0, 0.1) is 37.9 Å². The molecule has 3 heterocycles. The maximum absolute atomic E-state index is 8.60. The second-order valence-electron chi connectivity index (χ2n) is 5.01. The van der Waals surface area contributed by atoms with Gasteiger partial charge in [-0.05, 0) is 39.3 Å². The Morgan fingerprint density at radius 1 is 1.09 bits per heavy atom. The summed E-state index contributed by atoms with van der Waals surface area (Å²) in [7, 11) is -4.69. The van der Waals surface area contributed by atoms with Crippen LogP contribution in [0.1, 0.15) is 22.6 Å². The van der Waals surface area contributed by atoms with Gasteiger partial charge in [-0.2, -0.15) is 18.4 Å². The van der Waals surface area contributed by atoms with Crippen LogP contribution < -0.4 is 18.4 Å². The van der Waals surface area contributed by atoms with Crippen LogP contribution in [0.3, 0.4) is 0 Å². The smallest absolute Gasteiger partial charge is 0.188 e. The summed E-state index contributed by atoms with van der Waals surface area (Å²) in [4.78, 5) is 4.48. The predicted octanol–water partition coefficient (Wildman–Crippen LogP) is -2.42. The first kappa shape index (κ1) is 16.5. The molecule has 0 radical (unpaired) electrons. The third-order valence-electron chi connectivity index (χ3n) is 3.01. The zero-order valence-electron chi connectivity index (χ0n) is 12.6. The van der Waals surface area contributed by atoms with Crippen molar-refractivity contribution in [2.24, 2.45) is 0 Å². The maximum atomic E-state index is 8.60. The number of rotatable bonds is 0. The molecular weight excluding hydrogens is 312 g/mol. The van der Waals surface area contributed by atoms with Gasteiger partial charge in [0.2, 0.25) is 5.65 Å². The van der Waals surface area contributed by atoms with Gasteiger partial charge in [0.15, 0.2) is 0 Å². The van der Waals surface area contributed by atoms with Crippen molar-refractivity contribution in [1.29, 1.82) is 0 Å². The molecule has 0 aliphatic heterocycles. The Hall–Kier alpha value is -1.84. The van der Waals surface area contributed by atoms with Gasteiger partial charge in [-0.15, -0.1) is 9.50 Å². The molecule has 0 unspecified atom stereocenters. The van der Waals surface area contributed by atoms with E-state index in [9.17, 15) is 0 Å². The van der Waals surface area contributed by atoms with Crippen LogP contribution in [0.4, 0.5) is 0 Å². The Labute approximate surface area is 128 Å². The molecular formula is C13H16ClN4O4+. The molecule has 3 aromatic heterocycles. The first-order valence-corrected chi connectivity index (χ1v) is 7.62. The molecule has 0 aliphatic carbocycles. The van der Waals surface area contributed by atoms with Crippen molar-refractivity contribution < 1.29 is 33.3 Å². The minimum absolute atomic E-state index is 0.760. The van der Waals surface area contributed by atoms with E-state index in [1.54, 1.807) is 0 Å². The lowest BCUT2D eigenvalue weighted by molar-refractivity contribution is -1.92. The van der Waals surface area contributed by atoms with Gasteiger partial charge in [0, 0.05) is 17.2 Å². The zero-order chi connectivity index (χ0) is 16.7. The van der Waals surface area contributed by atoms with Crippen LogP contribution in [-0.2, 0) is 0 Å². The van der Waals surface area contributed by atoms with Crippen molar-refractivity contribution in [2.75, 3.05) is 0 Å². The number of hydrogen-bond donors (Lipinski definition) is 1. The number of nitrogens with zero attached hydrogens (tertiary/aromatic N) is 4. The highest BCUT2D eigenvalue weighted by Gasteiger charge is 2.18. The van der Waals surface area contributed by atoms with Gasteiger partial charge in [0.05, 0.1) is 26.3 Å². The summed E-state index contributed by atoms with van der Waals surface area (Å²) in [6, 6.07) is 6.34. The van der Waals surface area contributed by atoms with Crippen molar-refractivity contribution in [2.45, 2.75) is 27.7 Å². The van der Waals surface area contributed by atoms with Gasteiger partial charge < -0.3 is 0 Å². The highest BCUT2D eigenvalue weighted by molar-refractivity contribution is 5.41. The van der Waals surface area contributed by atoms with E-state index in [0.29, 0.717) is 0 Å². The quantitative estimate of drug-likeness (QED) is 0.458. The minimum atomic E-state index is -4.69. The molecule has 0 amide bonds. The van der Waals surface area contributed by atoms with E-state index >= 15 is 0 Å². The summed E-state index contributed by atoms with van der Waals surface area (Å²) in [6.07, 6.45) is 0. The second-order valence-corrected chi connectivity index (χ2v) is 5.81. The summed E-state index contributed by atoms with van der Waals surface area (Å²) >= 11 is 0. The molecule has 0 aromatic carbocycles. The van der Waals surface area contributed by atoms with E-state index < -0.39 is 10.2 Å². The number of aryl methyl sites for hydroxylation is 4. The van der Waals surface area contributed by atoms with Crippen molar-refractivity contribution >= 4 is 11.4 Å². The third-order valence-corrected chi connectivity index (χ3v) is 3.01. The van der Waals surface area contributed by atoms with Gasteiger partial charge in [-0.1, -0.05) is 0 Å². The fourth-order valence-corrected chi connectivity index (χ4v) is 2.37. The third kappa shape index (κ3) is 3.67. The normalized spacial score (nSPS) is 11.6. The molecule has 9 heteroatoms. The lowest BCUT2D eigenvalue weighted by Crippen LogP contribution is -2.58. The van der Waals surface area contributed by atoms with E-state index in [-0.39, 0.29) is 0 Å². The predicted molar refractivity (Wildman–Crippen MR) is 67.3 cm³/mol.